The summed E-state index contributed by atoms with van der Waals surface area (Å²) >= 11 is 0. The summed E-state index contributed by atoms with van der Waals surface area (Å²) in [5.74, 6) is -0.884. The van der Waals surface area contributed by atoms with E-state index in [9.17, 15) is 19.5 Å². The number of piperidine rings is 2. The molecule has 2 unspecified atom stereocenters. The van der Waals surface area contributed by atoms with Gasteiger partial charge < -0.3 is 20.0 Å². The Balaban J connectivity index is 1.52. The standard InChI is InChI=1S/C20H32N2O5/c23-18(24)12-16-7-11-22(19(25)14-2-1-3-14)13-17(16)6-10-21-8-4-15(5-9-21)20(26)27/h14-17H,1-13H2,(H,23,24)(H,26,27). The van der Waals surface area contributed by atoms with Crippen molar-refractivity contribution in [2.24, 2.45) is 23.7 Å². The first kappa shape index (κ1) is 20.1. The van der Waals surface area contributed by atoms with Crippen molar-refractivity contribution in [1.29, 1.82) is 0 Å². The first-order valence-corrected chi connectivity index (χ1v) is 10.4. The van der Waals surface area contributed by atoms with Crippen molar-refractivity contribution in [3.63, 3.8) is 0 Å². The Kier molecular flexibility index (Phi) is 6.73. The molecular weight excluding hydrogens is 348 g/mol. The quantitative estimate of drug-likeness (QED) is 0.700. The van der Waals surface area contributed by atoms with Crippen molar-refractivity contribution in [2.75, 3.05) is 32.7 Å². The molecule has 0 spiro atoms. The number of hydrogen-bond acceptors (Lipinski definition) is 4. The summed E-state index contributed by atoms with van der Waals surface area (Å²) in [4.78, 5) is 39.2. The molecule has 7 heteroatoms. The lowest BCUT2D eigenvalue weighted by Crippen LogP contribution is -2.48. The minimum atomic E-state index is -0.758. The van der Waals surface area contributed by atoms with E-state index >= 15 is 0 Å². The van der Waals surface area contributed by atoms with Gasteiger partial charge in [-0.05, 0) is 70.0 Å². The topological polar surface area (TPSA) is 98.2 Å². The van der Waals surface area contributed by atoms with Gasteiger partial charge in [0.05, 0.1) is 5.92 Å². The lowest BCUT2D eigenvalue weighted by atomic mass is 9.79. The number of likely N-dealkylation sites (tertiary alicyclic amines) is 2. The Bertz CT molecular complexity index is 555. The van der Waals surface area contributed by atoms with Gasteiger partial charge in [0, 0.05) is 25.4 Å². The minimum absolute atomic E-state index is 0.129. The van der Waals surface area contributed by atoms with Crippen LogP contribution in [-0.2, 0) is 14.4 Å². The predicted molar refractivity (Wildman–Crippen MR) is 99.2 cm³/mol. The van der Waals surface area contributed by atoms with E-state index in [1.165, 1.54) is 0 Å². The Morgan fingerprint density at radius 1 is 0.852 bits per heavy atom. The molecule has 7 nitrogen and oxygen atoms in total. The van der Waals surface area contributed by atoms with Crippen molar-refractivity contribution in [2.45, 2.75) is 51.4 Å². The van der Waals surface area contributed by atoms with E-state index in [1.54, 1.807) is 0 Å². The Hall–Kier alpha value is -1.63. The Labute approximate surface area is 160 Å². The van der Waals surface area contributed by atoms with Crippen LogP contribution in [0.15, 0.2) is 0 Å². The van der Waals surface area contributed by atoms with Crippen LogP contribution in [0.5, 0.6) is 0 Å². The number of carboxylic acid groups (broad SMARTS) is 2. The van der Waals surface area contributed by atoms with E-state index in [0.717, 1.165) is 51.7 Å². The third-order valence-corrected chi connectivity index (χ3v) is 6.85. The van der Waals surface area contributed by atoms with Crippen LogP contribution in [0.2, 0.25) is 0 Å². The molecule has 0 radical (unpaired) electrons. The van der Waals surface area contributed by atoms with Gasteiger partial charge in [-0.2, -0.15) is 0 Å². The molecule has 0 aromatic carbocycles. The molecular formula is C20H32N2O5. The molecule has 3 fully saturated rings. The zero-order valence-electron chi connectivity index (χ0n) is 16.0. The molecule has 0 aromatic heterocycles. The lowest BCUT2D eigenvalue weighted by molar-refractivity contribution is -0.143. The van der Waals surface area contributed by atoms with Gasteiger partial charge in [-0.25, -0.2) is 0 Å². The fourth-order valence-electron chi connectivity index (χ4n) is 4.77. The molecule has 3 rings (SSSR count). The van der Waals surface area contributed by atoms with Crippen LogP contribution in [0.1, 0.15) is 51.4 Å². The van der Waals surface area contributed by atoms with Crippen molar-refractivity contribution >= 4 is 17.8 Å². The monoisotopic (exact) mass is 380 g/mol. The van der Waals surface area contributed by atoms with E-state index in [0.29, 0.717) is 25.9 Å². The molecule has 152 valence electrons. The predicted octanol–water partition coefficient (Wildman–Crippen LogP) is 1.91. The third-order valence-electron chi connectivity index (χ3n) is 6.85. The van der Waals surface area contributed by atoms with Crippen LogP contribution in [0.3, 0.4) is 0 Å². The molecule has 1 saturated carbocycles. The number of carbonyl (C=O) groups excluding carboxylic acids is 1. The molecule has 0 bridgehead atoms. The number of carbonyl (C=O) groups is 3. The molecule has 27 heavy (non-hydrogen) atoms. The number of amides is 1. The number of carboxylic acids is 2. The van der Waals surface area contributed by atoms with Crippen LogP contribution < -0.4 is 0 Å². The maximum Gasteiger partial charge on any atom is 0.306 e. The SMILES string of the molecule is O=C(O)CC1CCN(C(=O)C2CCC2)CC1CCN1CCC(C(=O)O)CC1. The highest BCUT2D eigenvalue weighted by atomic mass is 16.4. The van der Waals surface area contributed by atoms with Gasteiger partial charge in [-0.15, -0.1) is 0 Å². The zero-order valence-corrected chi connectivity index (χ0v) is 16.0. The van der Waals surface area contributed by atoms with Gasteiger partial charge in [-0.3, -0.25) is 14.4 Å². The van der Waals surface area contributed by atoms with Crippen LogP contribution in [-0.4, -0.2) is 70.6 Å². The highest BCUT2D eigenvalue weighted by Gasteiger charge is 2.36. The average Bonchev–Trinajstić information content (AvgIpc) is 2.59. The molecule has 2 N–H and O–H groups in total. The van der Waals surface area contributed by atoms with Gasteiger partial charge in [0.15, 0.2) is 0 Å². The lowest BCUT2D eigenvalue weighted by Gasteiger charge is -2.41. The molecule has 1 aliphatic carbocycles. The van der Waals surface area contributed by atoms with Crippen molar-refractivity contribution in [3.8, 4) is 0 Å². The van der Waals surface area contributed by atoms with E-state index in [1.807, 2.05) is 4.90 Å². The maximum atomic E-state index is 12.6. The summed E-state index contributed by atoms with van der Waals surface area (Å²) in [6, 6.07) is 0. The smallest absolute Gasteiger partial charge is 0.306 e. The molecule has 2 saturated heterocycles. The van der Waals surface area contributed by atoms with Gasteiger partial charge in [0.2, 0.25) is 5.91 Å². The van der Waals surface area contributed by atoms with Crippen LogP contribution in [0.4, 0.5) is 0 Å². The van der Waals surface area contributed by atoms with Crippen LogP contribution in [0, 0.1) is 23.7 Å². The summed E-state index contributed by atoms with van der Waals surface area (Å²) < 4.78 is 0. The molecule has 2 heterocycles. The molecule has 2 atom stereocenters. The summed E-state index contributed by atoms with van der Waals surface area (Å²) in [5, 5.41) is 18.4. The Morgan fingerprint density at radius 2 is 1.56 bits per heavy atom. The highest BCUT2D eigenvalue weighted by molar-refractivity contribution is 5.79. The zero-order chi connectivity index (χ0) is 19.4. The van der Waals surface area contributed by atoms with Crippen LogP contribution >= 0.6 is 0 Å². The Morgan fingerprint density at radius 3 is 2.11 bits per heavy atom. The van der Waals surface area contributed by atoms with E-state index < -0.39 is 11.9 Å². The summed E-state index contributed by atoms with van der Waals surface area (Å²) in [5.41, 5.74) is 0. The number of rotatable bonds is 7. The van der Waals surface area contributed by atoms with Gasteiger partial charge in [0.1, 0.15) is 0 Å². The summed E-state index contributed by atoms with van der Waals surface area (Å²) in [6.45, 7) is 3.81. The first-order chi connectivity index (χ1) is 12.9. The fourth-order valence-corrected chi connectivity index (χ4v) is 4.77. The number of nitrogens with zero attached hydrogens (tertiary/aromatic N) is 2. The van der Waals surface area contributed by atoms with Crippen LogP contribution in [0.25, 0.3) is 0 Å². The van der Waals surface area contributed by atoms with Gasteiger partial charge in [0.25, 0.3) is 0 Å². The van der Waals surface area contributed by atoms with E-state index in [2.05, 4.69) is 4.90 Å². The molecule has 0 aromatic rings. The van der Waals surface area contributed by atoms with E-state index in [4.69, 9.17) is 5.11 Å². The minimum Gasteiger partial charge on any atom is -0.481 e. The third kappa shape index (κ3) is 5.21. The second kappa shape index (κ2) is 9.04. The second-order valence-corrected chi connectivity index (χ2v) is 8.56. The van der Waals surface area contributed by atoms with Gasteiger partial charge in [-0.1, -0.05) is 6.42 Å². The number of aliphatic carboxylic acids is 2. The first-order valence-electron chi connectivity index (χ1n) is 10.4. The number of hydrogen-bond donors (Lipinski definition) is 2. The fraction of sp³-hybridized carbons (Fsp3) is 0.850. The molecule has 1 amide bonds. The van der Waals surface area contributed by atoms with Crippen molar-refractivity contribution < 1.29 is 24.6 Å². The van der Waals surface area contributed by atoms with Crippen molar-refractivity contribution in [1.82, 2.24) is 9.80 Å². The summed E-state index contributed by atoms with van der Waals surface area (Å²) in [7, 11) is 0. The normalized spacial score (nSPS) is 27.9. The highest BCUT2D eigenvalue weighted by Crippen LogP contribution is 2.34. The average molecular weight is 380 g/mol. The van der Waals surface area contributed by atoms with E-state index in [-0.39, 0.29) is 36.0 Å². The maximum absolute atomic E-state index is 12.6. The second-order valence-electron chi connectivity index (χ2n) is 8.56. The van der Waals surface area contributed by atoms with Crippen molar-refractivity contribution in [3.05, 3.63) is 0 Å². The molecule has 3 aliphatic rings. The van der Waals surface area contributed by atoms with Gasteiger partial charge >= 0.3 is 11.9 Å². The largest absolute Gasteiger partial charge is 0.481 e. The summed E-state index contributed by atoms with van der Waals surface area (Å²) in [6.07, 6.45) is 6.34. The molecule has 2 aliphatic heterocycles.